The topological polar surface area (TPSA) is 96.0 Å². The highest BCUT2D eigenvalue weighted by molar-refractivity contribution is 7.92. The van der Waals surface area contributed by atoms with E-state index in [-0.39, 0.29) is 29.1 Å². The number of carbonyl (C=O) groups is 2. The summed E-state index contributed by atoms with van der Waals surface area (Å²) in [6, 6.07) is 23.3. The number of benzene rings is 3. The van der Waals surface area contributed by atoms with Gasteiger partial charge in [0.05, 0.1) is 17.7 Å². The lowest BCUT2D eigenvalue weighted by Gasteiger charge is -2.32. The lowest BCUT2D eigenvalue weighted by molar-refractivity contribution is -0.139. The number of amides is 2. The highest BCUT2D eigenvalue weighted by Gasteiger charge is 2.32. The van der Waals surface area contributed by atoms with Crippen LogP contribution >= 0.6 is 0 Å². The van der Waals surface area contributed by atoms with Gasteiger partial charge in [-0.15, -0.1) is 0 Å². The minimum absolute atomic E-state index is 0.0546. The van der Waals surface area contributed by atoms with E-state index in [0.717, 1.165) is 16.3 Å². The summed E-state index contributed by atoms with van der Waals surface area (Å²) in [7, 11) is -2.62. The van der Waals surface area contributed by atoms with Gasteiger partial charge in [-0.3, -0.25) is 13.9 Å². The first-order chi connectivity index (χ1) is 18.7. The molecule has 0 unspecified atom stereocenters. The SMILES string of the molecule is CC[C@H](C)NC(=O)[C@H](C)N(CCc1ccccc1)C(=O)CN(c1cccc(OC)c1)S(=O)(=O)c1ccccc1. The summed E-state index contributed by atoms with van der Waals surface area (Å²) in [5.74, 6) is -0.319. The number of hydrogen-bond donors (Lipinski definition) is 1. The zero-order valence-electron chi connectivity index (χ0n) is 22.9. The number of anilines is 1. The number of rotatable bonds is 13. The average molecular weight is 552 g/mol. The number of sulfonamides is 1. The van der Waals surface area contributed by atoms with Crippen molar-refractivity contribution in [2.75, 3.05) is 24.5 Å². The molecule has 1 N–H and O–H groups in total. The van der Waals surface area contributed by atoms with E-state index < -0.39 is 28.5 Å². The molecule has 0 aromatic heterocycles. The first kappa shape index (κ1) is 29.7. The van der Waals surface area contributed by atoms with Crippen LogP contribution in [0.15, 0.2) is 89.8 Å². The van der Waals surface area contributed by atoms with Gasteiger partial charge in [-0.25, -0.2) is 8.42 Å². The van der Waals surface area contributed by atoms with Crippen LogP contribution in [0.2, 0.25) is 0 Å². The van der Waals surface area contributed by atoms with Crippen LogP contribution in [0.25, 0.3) is 0 Å². The minimum Gasteiger partial charge on any atom is -0.497 e. The van der Waals surface area contributed by atoms with Gasteiger partial charge in [0.1, 0.15) is 18.3 Å². The summed E-state index contributed by atoms with van der Waals surface area (Å²) in [5, 5.41) is 2.94. The molecule has 208 valence electrons. The quantitative estimate of drug-likeness (QED) is 0.342. The lowest BCUT2D eigenvalue weighted by Crippen LogP contribution is -2.53. The average Bonchev–Trinajstić information content (AvgIpc) is 2.96. The van der Waals surface area contributed by atoms with Gasteiger partial charge in [-0.05, 0) is 56.5 Å². The first-order valence-electron chi connectivity index (χ1n) is 13.0. The van der Waals surface area contributed by atoms with Crippen LogP contribution in [-0.4, -0.2) is 57.4 Å². The second-order valence-electron chi connectivity index (χ2n) is 9.34. The molecular weight excluding hydrogens is 514 g/mol. The largest absolute Gasteiger partial charge is 0.497 e. The third-order valence-corrected chi connectivity index (χ3v) is 8.39. The van der Waals surface area contributed by atoms with Crippen molar-refractivity contribution in [3.05, 3.63) is 90.5 Å². The Labute approximate surface area is 231 Å². The first-order valence-corrected chi connectivity index (χ1v) is 14.5. The number of nitrogens with zero attached hydrogens (tertiary/aromatic N) is 2. The van der Waals surface area contributed by atoms with Crippen molar-refractivity contribution < 1.29 is 22.7 Å². The Hall–Kier alpha value is -3.85. The van der Waals surface area contributed by atoms with Gasteiger partial charge in [-0.1, -0.05) is 61.5 Å². The Morgan fingerprint density at radius 3 is 2.18 bits per heavy atom. The van der Waals surface area contributed by atoms with E-state index in [0.29, 0.717) is 12.2 Å². The van der Waals surface area contributed by atoms with Gasteiger partial charge in [0.25, 0.3) is 10.0 Å². The van der Waals surface area contributed by atoms with Crippen LogP contribution in [0.1, 0.15) is 32.8 Å². The summed E-state index contributed by atoms with van der Waals surface area (Å²) in [4.78, 5) is 28.5. The maximum absolute atomic E-state index is 13.9. The Bertz CT molecular complexity index is 1330. The Morgan fingerprint density at radius 2 is 1.56 bits per heavy atom. The van der Waals surface area contributed by atoms with Crippen molar-refractivity contribution in [2.45, 2.75) is 50.6 Å². The molecule has 0 fully saturated rings. The molecule has 3 aromatic carbocycles. The van der Waals surface area contributed by atoms with Crippen molar-refractivity contribution in [2.24, 2.45) is 0 Å². The van der Waals surface area contributed by atoms with Gasteiger partial charge in [-0.2, -0.15) is 0 Å². The number of methoxy groups -OCH3 is 1. The lowest BCUT2D eigenvalue weighted by atomic mass is 10.1. The fourth-order valence-electron chi connectivity index (χ4n) is 4.05. The second kappa shape index (κ2) is 13.8. The number of hydrogen-bond acceptors (Lipinski definition) is 5. The van der Waals surface area contributed by atoms with Crippen molar-refractivity contribution >= 4 is 27.5 Å². The van der Waals surface area contributed by atoms with E-state index in [1.807, 2.05) is 44.2 Å². The van der Waals surface area contributed by atoms with E-state index in [9.17, 15) is 18.0 Å². The molecule has 0 radical (unpaired) electrons. The molecule has 0 spiro atoms. The fourth-order valence-corrected chi connectivity index (χ4v) is 5.48. The van der Waals surface area contributed by atoms with Crippen molar-refractivity contribution in [1.29, 1.82) is 0 Å². The predicted molar refractivity (Wildman–Crippen MR) is 153 cm³/mol. The minimum atomic E-state index is -4.11. The van der Waals surface area contributed by atoms with Crippen molar-refractivity contribution in [3.63, 3.8) is 0 Å². The molecule has 2 amide bonds. The van der Waals surface area contributed by atoms with Crippen LogP contribution in [0, 0.1) is 0 Å². The molecule has 3 aromatic rings. The summed E-state index contributed by atoms with van der Waals surface area (Å²) in [6.45, 7) is 5.30. The van der Waals surface area contributed by atoms with Crippen LogP contribution in [-0.2, 0) is 26.0 Å². The third-order valence-electron chi connectivity index (χ3n) is 6.60. The maximum Gasteiger partial charge on any atom is 0.264 e. The van der Waals surface area contributed by atoms with Crippen molar-refractivity contribution in [1.82, 2.24) is 10.2 Å². The van der Waals surface area contributed by atoms with E-state index in [4.69, 9.17) is 4.74 Å². The monoisotopic (exact) mass is 551 g/mol. The zero-order chi connectivity index (χ0) is 28.4. The Morgan fingerprint density at radius 1 is 0.923 bits per heavy atom. The van der Waals surface area contributed by atoms with E-state index in [2.05, 4.69) is 5.32 Å². The van der Waals surface area contributed by atoms with Crippen LogP contribution in [0.4, 0.5) is 5.69 Å². The normalized spacial score (nSPS) is 12.7. The summed E-state index contributed by atoms with van der Waals surface area (Å²) < 4.78 is 34.0. The molecule has 0 saturated heterocycles. The molecule has 9 heteroatoms. The molecule has 0 aliphatic carbocycles. The van der Waals surface area contributed by atoms with Gasteiger partial charge in [0.15, 0.2) is 0 Å². The van der Waals surface area contributed by atoms with Gasteiger partial charge < -0.3 is 15.0 Å². The molecule has 0 aliphatic heterocycles. The molecular formula is C30H37N3O5S. The maximum atomic E-state index is 13.9. The van der Waals surface area contributed by atoms with Crippen LogP contribution in [0.3, 0.4) is 0 Å². The van der Waals surface area contributed by atoms with Crippen LogP contribution < -0.4 is 14.4 Å². The van der Waals surface area contributed by atoms with Crippen molar-refractivity contribution in [3.8, 4) is 5.75 Å². The van der Waals surface area contributed by atoms with E-state index in [1.165, 1.54) is 24.1 Å². The Kier molecular flexibility index (Phi) is 10.5. The highest BCUT2D eigenvalue weighted by atomic mass is 32.2. The summed E-state index contributed by atoms with van der Waals surface area (Å²) in [6.07, 6.45) is 1.26. The van der Waals surface area contributed by atoms with Crippen LogP contribution in [0.5, 0.6) is 5.75 Å². The van der Waals surface area contributed by atoms with Gasteiger partial charge >= 0.3 is 0 Å². The fraction of sp³-hybridized carbons (Fsp3) is 0.333. The zero-order valence-corrected chi connectivity index (χ0v) is 23.7. The predicted octanol–water partition coefficient (Wildman–Crippen LogP) is 4.27. The van der Waals surface area contributed by atoms with E-state index in [1.54, 1.807) is 49.4 Å². The standard InChI is InChI=1S/C30H37N3O5S/c1-5-23(2)31-30(35)24(3)32(20-19-25-13-8-6-9-14-25)29(34)22-33(26-15-12-16-27(21-26)38-4)39(36,37)28-17-10-7-11-18-28/h6-18,21,23-24H,5,19-20,22H2,1-4H3,(H,31,35)/t23-,24-/m0/s1. The molecule has 0 bridgehead atoms. The number of ether oxygens (including phenoxy) is 1. The molecule has 3 rings (SSSR count). The van der Waals surface area contributed by atoms with Gasteiger partial charge in [0.2, 0.25) is 11.8 Å². The second-order valence-corrected chi connectivity index (χ2v) is 11.2. The van der Waals surface area contributed by atoms with E-state index >= 15 is 0 Å². The molecule has 2 atom stereocenters. The van der Waals surface area contributed by atoms with Gasteiger partial charge in [0, 0.05) is 18.7 Å². The molecule has 39 heavy (non-hydrogen) atoms. The molecule has 0 saturated carbocycles. The summed E-state index contributed by atoms with van der Waals surface area (Å²) >= 11 is 0. The Balaban J connectivity index is 1.98. The molecule has 8 nitrogen and oxygen atoms in total. The summed E-state index contributed by atoms with van der Waals surface area (Å²) in [5.41, 5.74) is 1.29. The third kappa shape index (κ3) is 7.83. The highest BCUT2D eigenvalue weighted by Crippen LogP contribution is 2.27. The molecule has 0 heterocycles. The smallest absolute Gasteiger partial charge is 0.264 e. The number of nitrogens with one attached hydrogen (secondary N) is 1. The molecule has 0 aliphatic rings. The number of carbonyl (C=O) groups excluding carboxylic acids is 2.